The Hall–Kier alpha value is -1.04. The molecule has 0 bridgehead atoms. The molecule has 118 valence electrons. The molecular formula is C14H6Cl3F5. The van der Waals surface area contributed by atoms with Crippen molar-refractivity contribution in [3.8, 4) is 11.1 Å². The first kappa shape index (κ1) is 17.3. The normalized spacial score (nSPS) is 12.0. The summed E-state index contributed by atoms with van der Waals surface area (Å²) >= 11 is 17.5. The van der Waals surface area contributed by atoms with Crippen molar-refractivity contribution < 1.29 is 22.0 Å². The van der Waals surface area contributed by atoms with E-state index in [1.54, 1.807) is 0 Å². The van der Waals surface area contributed by atoms with Gasteiger partial charge in [0.2, 0.25) is 0 Å². The lowest BCUT2D eigenvalue weighted by Gasteiger charge is -2.18. The van der Waals surface area contributed by atoms with Crippen LogP contribution in [0.3, 0.4) is 0 Å². The lowest BCUT2D eigenvalue weighted by Crippen LogP contribution is -2.12. The van der Waals surface area contributed by atoms with E-state index in [1.165, 1.54) is 12.1 Å². The Bertz CT molecular complexity index is 710. The molecule has 0 aliphatic rings. The van der Waals surface area contributed by atoms with Gasteiger partial charge in [0.15, 0.2) is 0 Å². The van der Waals surface area contributed by atoms with Crippen molar-refractivity contribution in [3.05, 3.63) is 56.5 Å². The van der Waals surface area contributed by atoms with Gasteiger partial charge in [-0.3, -0.25) is 0 Å². The van der Waals surface area contributed by atoms with Crippen molar-refractivity contribution in [2.75, 3.05) is 0 Å². The highest BCUT2D eigenvalue weighted by Gasteiger charge is 2.38. The minimum atomic E-state index is -4.97. The highest BCUT2D eigenvalue weighted by Crippen LogP contribution is 2.46. The standard InChI is InChI=1S/C14H6Cl3F5/c15-9-5-4-7(11(16)12(9)17)6-2-1-3-8(13(18)19)10(6)14(20,21)22/h1-5,13H. The zero-order valence-electron chi connectivity index (χ0n) is 10.5. The Kier molecular flexibility index (Phi) is 4.90. The fourth-order valence-corrected chi connectivity index (χ4v) is 2.66. The van der Waals surface area contributed by atoms with Crippen LogP contribution < -0.4 is 0 Å². The molecule has 0 nitrogen and oxygen atoms in total. The van der Waals surface area contributed by atoms with Gasteiger partial charge in [-0.05, 0) is 11.6 Å². The summed E-state index contributed by atoms with van der Waals surface area (Å²) in [5.41, 5.74) is -3.16. The molecule has 0 aliphatic carbocycles. The van der Waals surface area contributed by atoms with Gasteiger partial charge in [0.25, 0.3) is 6.43 Å². The van der Waals surface area contributed by atoms with Crippen molar-refractivity contribution in [1.82, 2.24) is 0 Å². The van der Waals surface area contributed by atoms with E-state index >= 15 is 0 Å². The summed E-state index contributed by atoms with van der Waals surface area (Å²) in [5.74, 6) is 0. The lowest BCUT2D eigenvalue weighted by atomic mass is 9.95. The van der Waals surface area contributed by atoms with E-state index in [1.807, 2.05) is 0 Å². The summed E-state index contributed by atoms with van der Waals surface area (Å²) in [6.07, 6.45) is -8.25. The van der Waals surface area contributed by atoms with Gasteiger partial charge in [0, 0.05) is 11.1 Å². The number of hydrogen-bond acceptors (Lipinski definition) is 0. The maximum absolute atomic E-state index is 13.2. The third-order valence-corrected chi connectivity index (χ3v) is 4.23. The van der Waals surface area contributed by atoms with Crippen LogP contribution in [0.2, 0.25) is 15.1 Å². The predicted molar refractivity (Wildman–Crippen MR) is 76.9 cm³/mol. The maximum Gasteiger partial charge on any atom is 0.417 e. The average Bonchev–Trinajstić information content (AvgIpc) is 2.43. The SMILES string of the molecule is FC(F)c1cccc(-c2ccc(Cl)c(Cl)c2Cl)c1C(F)(F)F. The van der Waals surface area contributed by atoms with Crippen LogP contribution in [0.4, 0.5) is 22.0 Å². The molecule has 0 radical (unpaired) electrons. The fourth-order valence-electron chi connectivity index (χ4n) is 2.03. The number of alkyl halides is 5. The van der Waals surface area contributed by atoms with Gasteiger partial charge in [0.1, 0.15) is 0 Å². The monoisotopic (exact) mass is 374 g/mol. The van der Waals surface area contributed by atoms with Crippen LogP contribution in [0.15, 0.2) is 30.3 Å². The Morgan fingerprint density at radius 2 is 1.45 bits per heavy atom. The summed E-state index contributed by atoms with van der Waals surface area (Å²) in [6.45, 7) is 0. The summed E-state index contributed by atoms with van der Waals surface area (Å²) in [6, 6.07) is 5.34. The van der Waals surface area contributed by atoms with E-state index in [0.717, 1.165) is 18.2 Å². The molecule has 0 aromatic heterocycles. The number of benzene rings is 2. The van der Waals surface area contributed by atoms with E-state index in [0.29, 0.717) is 0 Å². The van der Waals surface area contributed by atoms with Crippen molar-refractivity contribution in [2.45, 2.75) is 12.6 Å². The van der Waals surface area contributed by atoms with E-state index < -0.39 is 29.3 Å². The smallest absolute Gasteiger partial charge is 0.205 e. The van der Waals surface area contributed by atoms with Gasteiger partial charge in [-0.15, -0.1) is 0 Å². The second-order valence-corrected chi connectivity index (χ2v) is 5.45. The molecule has 0 aliphatic heterocycles. The topological polar surface area (TPSA) is 0 Å². The highest BCUT2D eigenvalue weighted by atomic mass is 35.5. The fraction of sp³-hybridized carbons (Fsp3) is 0.143. The van der Waals surface area contributed by atoms with E-state index in [-0.39, 0.29) is 20.6 Å². The third-order valence-electron chi connectivity index (χ3n) is 2.94. The molecule has 0 N–H and O–H groups in total. The van der Waals surface area contributed by atoms with Gasteiger partial charge in [-0.2, -0.15) is 13.2 Å². The summed E-state index contributed by atoms with van der Waals surface area (Å²) in [7, 11) is 0. The van der Waals surface area contributed by atoms with Crippen molar-refractivity contribution in [3.63, 3.8) is 0 Å². The molecule has 0 spiro atoms. The van der Waals surface area contributed by atoms with Crippen LogP contribution in [-0.4, -0.2) is 0 Å². The van der Waals surface area contributed by atoms with Crippen molar-refractivity contribution >= 4 is 34.8 Å². The minimum absolute atomic E-state index is 0.0500. The van der Waals surface area contributed by atoms with Crippen molar-refractivity contribution in [1.29, 1.82) is 0 Å². The molecule has 8 heteroatoms. The molecule has 0 saturated heterocycles. The molecule has 2 aromatic carbocycles. The van der Waals surface area contributed by atoms with Crippen molar-refractivity contribution in [2.24, 2.45) is 0 Å². The Morgan fingerprint density at radius 3 is 2.00 bits per heavy atom. The largest absolute Gasteiger partial charge is 0.417 e. The zero-order valence-corrected chi connectivity index (χ0v) is 12.8. The summed E-state index contributed by atoms with van der Waals surface area (Å²) < 4.78 is 65.5. The minimum Gasteiger partial charge on any atom is -0.205 e. The molecule has 0 saturated carbocycles. The predicted octanol–water partition coefficient (Wildman–Crippen LogP) is 7.27. The lowest BCUT2D eigenvalue weighted by molar-refractivity contribution is -0.139. The molecule has 0 atom stereocenters. The molecule has 22 heavy (non-hydrogen) atoms. The van der Waals surface area contributed by atoms with Crippen LogP contribution in [0, 0.1) is 0 Å². The van der Waals surface area contributed by atoms with Crippen LogP contribution in [0.5, 0.6) is 0 Å². The second-order valence-electron chi connectivity index (χ2n) is 4.29. The van der Waals surface area contributed by atoms with E-state index in [9.17, 15) is 22.0 Å². The Morgan fingerprint density at radius 1 is 0.818 bits per heavy atom. The number of rotatable bonds is 2. The van der Waals surface area contributed by atoms with Crippen LogP contribution in [-0.2, 0) is 6.18 Å². The molecule has 0 amide bonds. The van der Waals surface area contributed by atoms with Gasteiger partial charge in [-0.1, -0.05) is 59.1 Å². The van der Waals surface area contributed by atoms with Crippen LogP contribution in [0.1, 0.15) is 17.6 Å². The second kappa shape index (κ2) is 6.22. The third kappa shape index (κ3) is 3.16. The van der Waals surface area contributed by atoms with Gasteiger partial charge in [-0.25, -0.2) is 8.78 Å². The van der Waals surface area contributed by atoms with E-state index in [2.05, 4.69) is 0 Å². The number of halogens is 8. The first-order chi connectivity index (χ1) is 10.1. The molecule has 2 aromatic rings. The maximum atomic E-state index is 13.2. The van der Waals surface area contributed by atoms with Crippen LogP contribution >= 0.6 is 34.8 Å². The molecule has 2 rings (SSSR count). The Labute approximate surface area is 137 Å². The molecule has 0 unspecified atom stereocenters. The Balaban J connectivity index is 2.82. The first-order valence-corrected chi connectivity index (χ1v) is 6.90. The molecule has 0 fully saturated rings. The summed E-state index contributed by atoms with van der Waals surface area (Å²) in [4.78, 5) is 0. The quantitative estimate of drug-likeness (QED) is 0.382. The molecular weight excluding hydrogens is 370 g/mol. The molecule has 0 heterocycles. The highest BCUT2D eigenvalue weighted by molar-refractivity contribution is 6.49. The first-order valence-electron chi connectivity index (χ1n) is 5.76. The van der Waals surface area contributed by atoms with Gasteiger partial charge < -0.3 is 0 Å². The zero-order chi connectivity index (χ0) is 16.7. The average molecular weight is 376 g/mol. The van der Waals surface area contributed by atoms with Gasteiger partial charge >= 0.3 is 6.18 Å². The van der Waals surface area contributed by atoms with E-state index in [4.69, 9.17) is 34.8 Å². The number of hydrogen-bond donors (Lipinski definition) is 0. The van der Waals surface area contributed by atoms with Crippen LogP contribution in [0.25, 0.3) is 11.1 Å². The summed E-state index contributed by atoms with van der Waals surface area (Å²) in [5, 5.41) is -0.323. The van der Waals surface area contributed by atoms with Gasteiger partial charge in [0.05, 0.1) is 20.6 Å².